The quantitative estimate of drug-likeness (QED) is 0.781. The van der Waals surface area contributed by atoms with Crippen LogP contribution in [0.3, 0.4) is 0 Å². The number of aliphatic carboxylic acids is 1. The van der Waals surface area contributed by atoms with Gasteiger partial charge in [0.1, 0.15) is 0 Å². The van der Waals surface area contributed by atoms with Crippen molar-refractivity contribution in [2.45, 2.75) is 38.1 Å². The van der Waals surface area contributed by atoms with E-state index in [0.29, 0.717) is 12.5 Å². The molecule has 0 radical (unpaired) electrons. The van der Waals surface area contributed by atoms with Crippen molar-refractivity contribution in [3.8, 4) is 0 Å². The van der Waals surface area contributed by atoms with Crippen LogP contribution < -0.4 is 0 Å². The van der Waals surface area contributed by atoms with Crippen LogP contribution in [0.1, 0.15) is 25.7 Å². The third kappa shape index (κ3) is 3.43. The number of carbonyl (C=O) groups is 1. The Kier molecular flexibility index (Phi) is 4.15. The van der Waals surface area contributed by atoms with Gasteiger partial charge in [0, 0.05) is 19.6 Å². The lowest BCUT2D eigenvalue weighted by Crippen LogP contribution is -2.23. The van der Waals surface area contributed by atoms with E-state index in [1.165, 1.54) is 0 Å². The Balaban J connectivity index is 1.69. The van der Waals surface area contributed by atoms with Gasteiger partial charge in [-0.25, -0.2) is 0 Å². The van der Waals surface area contributed by atoms with Crippen molar-refractivity contribution >= 4 is 5.97 Å². The summed E-state index contributed by atoms with van der Waals surface area (Å²) in [6, 6.07) is 0. The van der Waals surface area contributed by atoms with E-state index >= 15 is 0 Å². The Hall–Kier alpha value is -0.650. The minimum atomic E-state index is -0.838. The highest BCUT2D eigenvalue weighted by Gasteiger charge is 2.30. The molecule has 2 aliphatic heterocycles. The summed E-state index contributed by atoms with van der Waals surface area (Å²) in [6.07, 6.45) is 2.55. The topological polar surface area (TPSA) is 65.0 Å². The number of hydrogen-bond acceptors (Lipinski definition) is 4. The Labute approximate surface area is 94.7 Å². The molecule has 0 spiro atoms. The van der Waals surface area contributed by atoms with E-state index in [1.54, 1.807) is 0 Å². The molecule has 2 fully saturated rings. The van der Waals surface area contributed by atoms with E-state index in [0.717, 1.165) is 32.5 Å². The first-order valence-corrected chi connectivity index (χ1v) is 5.80. The van der Waals surface area contributed by atoms with Crippen LogP contribution in [-0.4, -0.2) is 43.3 Å². The Morgan fingerprint density at radius 2 is 2.25 bits per heavy atom. The number of hydrogen-bond donors (Lipinski definition) is 1. The molecule has 2 saturated heterocycles. The van der Waals surface area contributed by atoms with Gasteiger partial charge in [-0.2, -0.15) is 0 Å². The standard InChI is InChI=1S/C11H18O5/c12-10(13)5-9-7-15-11(16-9)4-8-2-1-3-14-6-8/h8-9,11H,1-7H2,(H,12,13). The maximum absolute atomic E-state index is 10.5. The van der Waals surface area contributed by atoms with Gasteiger partial charge in [-0.05, 0) is 18.8 Å². The second-order valence-electron chi connectivity index (χ2n) is 4.44. The lowest BCUT2D eigenvalue weighted by atomic mass is 9.98. The van der Waals surface area contributed by atoms with Gasteiger partial charge in [-0.1, -0.05) is 0 Å². The second kappa shape index (κ2) is 5.61. The fraction of sp³-hybridized carbons (Fsp3) is 0.909. The zero-order valence-electron chi connectivity index (χ0n) is 9.26. The third-order valence-corrected chi connectivity index (χ3v) is 2.99. The van der Waals surface area contributed by atoms with Crippen LogP contribution in [0.15, 0.2) is 0 Å². The molecule has 0 aromatic carbocycles. The number of carboxylic acids is 1. The summed E-state index contributed by atoms with van der Waals surface area (Å²) >= 11 is 0. The van der Waals surface area contributed by atoms with E-state index in [1.807, 2.05) is 0 Å². The molecule has 3 unspecified atom stereocenters. The van der Waals surface area contributed by atoms with E-state index < -0.39 is 5.97 Å². The Morgan fingerprint density at radius 3 is 2.94 bits per heavy atom. The molecule has 0 aliphatic carbocycles. The fourth-order valence-electron chi connectivity index (χ4n) is 2.20. The molecule has 0 aromatic rings. The van der Waals surface area contributed by atoms with Crippen molar-refractivity contribution in [3.05, 3.63) is 0 Å². The monoisotopic (exact) mass is 230 g/mol. The minimum absolute atomic E-state index is 0.0255. The maximum Gasteiger partial charge on any atom is 0.306 e. The van der Waals surface area contributed by atoms with Gasteiger partial charge in [0.15, 0.2) is 6.29 Å². The molecule has 16 heavy (non-hydrogen) atoms. The average Bonchev–Trinajstić information content (AvgIpc) is 2.66. The van der Waals surface area contributed by atoms with Crippen molar-refractivity contribution in [2.75, 3.05) is 19.8 Å². The fourth-order valence-corrected chi connectivity index (χ4v) is 2.20. The second-order valence-corrected chi connectivity index (χ2v) is 4.44. The molecule has 3 atom stereocenters. The van der Waals surface area contributed by atoms with Crippen LogP contribution in [0, 0.1) is 5.92 Å². The van der Waals surface area contributed by atoms with Crippen molar-refractivity contribution in [3.63, 3.8) is 0 Å². The predicted octanol–water partition coefficient (Wildman–Crippen LogP) is 1.02. The Bertz CT molecular complexity index is 237. The zero-order valence-corrected chi connectivity index (χ0v) is 9.26. The Morgan fingerprint density at radius 1 is 1.38 bits per heavy atom. The molecule has 2 rings (SSSR count). The molecule has 0 amide bonds. The molecule has 2 heterocycles. The summed E-state index contributed by atoms with van der Waals surface area (Å²) in [7, 11) is 0. The van der Waals surface area contributed by atoms with Gasteiger partial charge in [-0.15, -0.1) is 0 Å². The number of carboxylic acid groups (broad SMARTS) is 1. The van der Waals surface area contributed by atoms with Gasteiger partial charge >= 0.3 is 5.97 Å². The summed E-state index contributed by atoms with van der Waals surface area (Å²) in [6.45, 7) is 2.02. The first kappa shape index (κ1) is 11.8. The van der Waals surface area contributed by atoms with Crippen LogP contribution in [0.2, 0.25) is 0 Å². The normalized spacial score (nSPS) is 35.1. The van der Waals surface area contributed by atoms with Gasteiger partial charge in [0.05, 0.1) is 19.1 Å². The first-order chi connectivity index (χ1) is 7.74. The van der Waals surface area contributed by atoms with Crippen molar-refractivity contribution < 1.29 is 24.1 Å². The smallest absolute Gasteiger partial charge is 0.306 e. The van der Waals surface area contributed by atoms with E-state index in [-0.39, 0.29) is 18.8 Å². The molecule has 5 heteroatoms. The minimum Gasteiger partial charge on any atom is -0.481 e. The molecule has 0 aromatic heterocycles. The molecule has 5 nitrogen and oxygen atoms in total. The lowest BCUT2D eigenvalue weighted by Gasteiger charge is -2.24. The van der Waals surface area contributed by atoms with Crippen LogP contribution in [-0.2, 0) is 19.0 Å². The first-order valence-electron chi connectivity index (χ1n) is 5.80. The highest BCUT2D eigenvalue weighted by atomic mass is 16.7. The zero-order chi connectivity index (χ0) is 11.4. The van der Waals surface area contributed by atoms with Crippen LogP contribution in [0.5, 0.6) is 0 Å². The summed E-state index contributed by atoms with van der Waals surface area (Å²) in [5.41, 5.74) is 0. The largest absolute Gasteiger partial charge is 0.481 e. The molecular weight excluding hydrogens is 212 g/mol. The lowest BCUT2D eigenvalue weighted by molar-refractivity contribution is -0.140. The van der Waals surface area contributed by atoms with Crippen molar-refractivity contribution in [1.82, 2.24) is 0 Å². The van der Waals surface area contributed by atoms with Crippen molar-refractivity contribution in [2.24, 2.45) is 5.92 Å². The summed E-state index contributed by atoms with van der Waals surface area (Å²) < 4.78 is 16.3. The summed E-state index contributed by atoms with van der Waals surface area (Å²) in [4.78, 5) is 10.5. The van der Waals surface area contributed by atoms with Crippen LogP contribution >= 0.6 is 0 Å². The molecule has 1 N–H and O–H groups in total. The SMILES string of the molecule is O=C(O)CC1COC(CC2CCCOC2)O1. The van der Waals surface area contributed by atoms with Crippen LogP contribution in [0.25, 0.3) is 0 Å². The van der Waals surface area contributed by atoms with E-state index in [4.69, 9.17) is 19.3 Å². The highest BCUT2D eigenvalue weighted by Crippen LogP contribution is 2.25. The van der Waals surface area contributed by atoms with Crippen molar-refractivity contribution in [1.29, 1.82) is 0 Å². The van der Waals surface area contributed by atoms with Crippen LogP contribution in [0.4, 0.5) is 0 Å². The molecule has 0 saturated carbocycles. The van der Waals surface area contributed by atoms with Gasteiger partial charge in [0.2, 0.25) is 0 Å². The molecule has 92 valence electrons. The third-order valence-electron chi connectivity index (χ3n) is 2.99. The summed E-state index contributed by atoms with van der Waals surface area (Å²) in [5.74, 6) is -0.349. The van der Waals surface area contributed by atoms with Gasteiger partial charge < -0.3 is 19.3 Å². The number of ether oxygens (including phenoxy) is 3. The predicted molar refractivity (Wildman–Crippen MR) is 55.0 cm³/mol. The van der Waals surface area contributed by atoms with Gasteiger partial charge in [-0.3, -0.25) is 4.79 Å². The highest BCUT2D eigenvalue weighted by molar-refractivity contribution is 5.67. The molecular formula is C11H18O5. The van der Waals surface area contributed by atoms with Gasteiger partial charge in [0.25, 0.3) is 0 Å². The summed E-state index contributed by atoms with van der Waals surface area (Å²) in [5, 5.41) is 8.63. The van der Waals surface area contributed by atoms with E-state index in [2.05, 4.69) is 0 Å². The average molecular weight is 230 g/mol. The molecule has 2 aliphatic rings. The maximum atomic E-state index is 10.5. The number of rotatable bonds is 4. The molecule has 0 bridgehead atoms. The van der Waals surface area contributed by atoms with E-state index in [9.17, 15) is 4.79 Å².